The van der Waals surface area contributed by atoms with Gasteiger partial charge in [-0.3, -0.25) is 0 Å². The molecule has 0 aliphatic carbocycles. The number of hydrogen-bond acceptors (Lipinski definition) is 5. The molecule has 0 aliphatic heterocycles. The lowest BCUT2D eigenvalue weighted by Crippen LogP contribution is -2.40. The first-order valence-corrected chi connectivity index (χ1v) is 4.66. The smallest absolute Gasteiger partial charge is 0.109 e. The summed E-state index contributed by atoms with van der Waals surface area (Å²) in [6.07, 6.45) is -1.71. The fourth-order valence-corrected chi connectivity index (χ4v) is 1.17. The van der Waals surface area contributed by atoms with Crippen molar-refractivity contribution in [1.29, 1.82) is 0 Å². The minimum absolute atomic E-state index is 0.345. The van der Waals surface area contributed by atoms with Gasteiger partial charge in [-0.2, -0.15) is 11.8 Å². The van der Waals surface area contributed by atoms with Crippen LogP contribution in [0.3, 0.4) is 0 Å². The summed E-state index contributed by atoms with van der Waals surface area (Å²) in [5.41, 5.74) is 0. The molecule has 0 radical (unpaired) electrons. The molecule has 0 heterocycles. The van der Waals surface area contributed by atoms with E-state index in [4.69, 9.17) is 20.4 Å². The highest BCUT2D eigenvalue weighted by Crippen LogP contribution is 2.05. The van der Waals surface area contributed by atoms with Crippen LogP contribution in [-0.4, -0.2) is 57.4 Å². The molecule has 0 aromatic rings. The van der Waals surface area contributed by atoms with Gasteiger partial charge in [-0.05, 0) is 6.26 Å². The topological polar surface area (TPSA) is 80.9 Å². The molecule has 0 aromatic carbocycles. The lowest BCUT2D eigenvalue weighted by molar-refractivity contribution is -0.0683. The van der Waals surface area contributed by atoms with Gasteiger partial charge in [0, 0.05) is 5.75 Å². The zero-order valence-electron chi connectivity index (χ0n) is 6.34. The summed E-state index contributed by atoms with van der Waals surface area (Å²) in [7, 11) is 0. The van der Waals surface area contributed by atoms with Crippen molar-refractivity contribution in [2.45, 2.75) is 18.3 Å². The number of thioether (sulfide) groups is 1. The van der Waals surface area contributed by atoms with E-state index < -0.39 is 24.9 Å². The van der Waals surface area contributed by atoms with E-state index in [1.165, 1.54) is 11.8 Å². The number of hydrogen-bond donors (Lipinski definition) is 4. The van der Waals surface area contributed by atoms with Crippen molar-refractivity contribution in [2.75, 3.05) is 18.6 Å². The second-order valence-corrected chi connectivity index (χ2v) is 3.17. The van der Waals surface area contributed by atoms with Crippen molar-refractivity contribution in [3.8, 4) is 0 Å². The van der Waals surface area contributed by atoms with Crippen LogP contribution >= 0.6 is 11.8 Å². The summed E-state index contributed by atoms with van der Waals surface area (Å²) in [6.45, 7) is -0.535. The zero-order valence-corrected chi connectivity index (χ0v) is 7.16. The number of aliphatic hydroxyl groups is 4. The van der Waals surface area contributed by atoms with Crippen molar-refractivity contribution in [2.24, 2.45) is 0 Å². The standard InChI is InChI=1S/C6H14O4S/c1-11-3-5(9)6(10)4(8)2-7/h4-10H,2-3H2,1H3/t4-,5+,6-/m1/s1. The van der Waals surface area contributed by atoms with Crippen LogP contribution in [0.15, 0.2) is 0 Å². The maximum absolute atomic E-state index is 9.08. The van der Waals surface area contributed by atoms with Gasteiger partial charge in [0.2, 0.25) is 0 Å². The first-order chi connectivity index (χ1) is 5.13. The summed E-state index contributed by atoms with van der Waals surface area (Å²) in [5, 5.41) is 35.4. The predicted molar refractivity (Wildman–Crippen MR) is 43.5 cm³/mol. The molecule has 0 aromatic heterocycles. The predicted octanol–water partition coefficient (Wildman–Crippen LogP) is -1.58. The van der Waals surface area contributed by atoms with Gasteiger partial charge >= 0.3 is 0 Å². The third kappa shape index (κ3) is 3.93. The first kappa shape index (κ1) is 11.2. The van der Waals surface area contributed by atoms with E-state index in [-0.39, 0.29) is 0 Å². The van der Waals surface area contributed by atoms with Crippen molar-refractivity contribution in [3.05, 3.63) is 0 Å². The first-order valence-electron chi connectivity index (χ1n) is 3.27. The van der Waals surface area contributed by atoms with Gasteiger partial charge < -0.3 is 20.4 Å². The molecular formula is C6H14O4S. The van der Waals surface area contributed by atoms with Crippen LogP contribution in [-0.2, 0) is 0 Å². The molecule has 0 spiro atoms. The quantitative estimate of drug-likeness (QED) is 0.413. The lowest BCUT2D eigenvalue weighted by atomic mass is 10.1. The highest BCUT2D eigenvalue weighted by molar-refractivity contribution is 7.98. The Hall–Kier alpha value is 0.190. The van der Waals surface area contributed by atoms with Gasteiger partial charge in [-0.1, -0.05) is 0 Å². The molecule has 4 N–H and O–H groups in total. The van der Waals surface area contributed by atoms with Crippen molar-refractivity contribution in [1.82, 2.24) is 0 Å². The van der Waals surface area contributed by atoms with Crippen LogP contribution in [0.2, 0.25) is 0 Å². The molecule has 0 aliphatic rings. The largest absolute Gasteiger partial charge is 0.394 e. The Labute approximate surface area is 69.9 Å². The van der Waals surface area contributed by atoms with Crippen LogP contribution in [0, 0.1) is 0 Å². The Morgan fingerprint density at radius 2 is 1.73 bits per heavy atom. The normalized spacial score (nSPS) is 19.4. The van der Waals surface area contributed by atoms with Gasteiger partial charge in [-0.25, -0.2) is 0 Å². The van der Waals surface area contributed by atoms with E-state index in [1.54, 1.807) is 6.26 Å². The molecular weight excluding hydrogens is 168 g/mol. The van der Waals surface area contributed by atoms with Crippen molar-refractivity contribution < 1.29 is 20.4 Å². The molecule has 0 amide bonds. The van der Waals surface area contributed by atoms with Crippen LogP contribution in [0.4, 0.5) is 0 Å². The van der Waals surface area contributed by atoms with Gasteiger partial charge in [0.25, 0.3) is 0 Å². The lowest BCUT2D eigenvalue weighted by Gasteiger charge is -2.20. The molecule has 0 fully saturated rings. The minimum Gasteiger partial charge on any atom is -0.394 e. The monoisotopic (exact) mass is 182 g/mol. The summed E-state index contributed by atoms with van der Waals surface area (Å²) in [6, 6.07) is 0. The van der Waals surface area contributed by atoms with Crippen LogP contribution in [0.25, 0.3) is 0 Å². The Kier molecular flexibility index (Phi) is 5.89. The van der Waals surface area contributed by atoms with E-state index in [2.05, 4.69) is 0 Å². The maximum atomic E-state index is 9.08. The maximum Gasteiger partial charge on any atom is 0.109 e. The highest BCUT2D eigenvalue weighted by atomic mass is 32.2. The van der Waals surface area contributed by atoms with Crippen LogP contribution in [0.5, 0.6) is 0 Å². The fraction of sp³-hybridized carbons (Fsp3) is 1.00. The van der Waals surface area contributed by atoms with Gasteiger partial charge in [0.15, 0.2) is 0 Å². The van der Waals surface area contributed by atoms with Gasteiger partial charge in [0.05, 0.1) is 12.7 Å². The third-order valence-electron chi connectivity index (χ3n) is 1.31. The SMILES string of the molecule is CSC[C@H](O)[C@H](O)[C@H](O)CO. The van der Waals surface area contributed by atoms with E-state index in [0.717, 1.165) is 0 Å². The van der Waals surface area contributed by atoms with Gasteiger partial charge in [-0.15, -0.1) is 0 Å². The minimum atomic E-state index is -1.26. The number of rotatable bonds is 5. The Balaban J connectivity index is 3.70. The summed E-state index contributed by atoms with van der Waals surface area (Å²) < 4.78 is 0. The molecule has 5 heteroatoms. The average Bonchev–Trinajstić information content (AvgIpc) is 2.02. The summed E-state index contributed by atoms with van der Waals surface area (Å²) in [4.78, 5) is 0. The molecule has 0 unspecified atom stereocenters. The Morgan fingerprint density at radius 1 is 1.18 bits per heavy atom. The highest BCUT2D eigenvalue weighted by Gasteiger charge is 2.23. The molecule has 4 nitrogen and oxygen atoms in total. The fourth-order valence-electron chi connectivity index (χ4n) is 0.634. The zero-order chi connectivity index (χ0) is 8.85. The summed E-state index contributed by atoms with van der Waals surface area (Å²) in [5.74, 6) is 0.345. The Morgan fingerprint density at radius 3 is 2.09 bits per heavy atom. The van der Waals surface area contributed by atoms with E-state index in [0.29, 0.717) is 5.75 Å². The second kappa shape index (κ2) is 5.79. The van der Waals surface area contributed by atoms with E-state index >= 15 is 0 Å². The van der Waals surface area contributed by atoms with Crippen molar-refractivity contribution >= 4 is 11.8 Å². The molecule has 0 saturated heterocycles. The average molecular weight is 182 g/mol. The molecule has 0 rings (SSSR count). The molecule has 68 valence electrons. The second-order valence-electron chi connectivity index (χ2n) is 2.26. The van der Waals surface area contributed by atoms with E-state index in [9.17, 15) is 0 Å². The van der Waals surface area contributed by atoms with Crippen LogP contribution in [0.1, 0.15) is 0 Å². The molecule has 11 heavy (non-hydrogen) atoms. The van der Waals surface area contributed by atoms with E-state index in [1.807, 2.05) is 0 Å². The van der Waals surface area contributed by atoms with Crippen LogP contribution < -0.4 is 0 Å². The number of aliphatic hydroxyl groups excluding tert-OH is 4. The summed E-state index contributed by atoms with van der Waals surface area (Å²) >= 11 is 1.36. The molecule has 3 atom stereocenters. The third-order valence-corrected chi connectivity index (χ3v) is 1.99. The Bertz CT molecular complexity index is 101. The molecule has 0 bridgehead atoms. The van der Waals surface area contributed by atoms with Gasteiger partial charge in [0.1, 0.15) is 12.2 Å². The molecule has 0 saturated carbocycles. The van der Waals surface area contributed by atoms with Crippen molar-refractivity contribution in [3.63, 3.8) is 0 Å².